The van der Waals surface area contributed by atoms with Gasteiger partial charge in [0.05, 0.1) is 18.7 Å². The smallest absolute Gasteiger partial charge is 0.365 e. The van der Waals surface area contributed by atoms with Crippen LogP contribution in [-0.4, -0.2) is 47.8 Å². The van der Waals surface area contributed by atoms with Crippen molar-refractivity contribution in [2.75, 3.05) is 19.7 Å². The van der Waals surface area contributed by atoms with Gasteiger partial charge in [-0.3, -0.25) is 4.79 Å². The van der Waals surface area contributed by atoms with Crippen molar-refractivity contribution in [2.45, 2.75) is 19.2 Å². The molecule has 0 saturated carbocycles. The van der Waals surface area contributed by atoms with Gasteiger partial charge in [0.25, 0.3) is 5.91 Å². The number of morpholine rings is 1. The summed E-state index contributed by atoms with van der Waals surface area (Å²) in [5, 5.41) is 0.536. The van der Waals surface area contributed by atoms with Crippen LogP contribution in [0.25, 0.3) is 10.9 Å². The Kier molecular flexibility index (Phi) is 3.79. The molecule has 4 nitrogen and oxygen atoms in total. The van der Waals surface area contributed by atoms with Gasteiger partial charge in [-0.2, -0.15) is 13.2 Å². The van der Waals surface area contributed by atoms with E-state index < -0.39 is 30.5 Å². The molecule has 0 bridgehead atoms. The highest BCUT2D eigenvalue weighted by molar-refractivity contribution is 6.01. The number of benzene rings is 1. The van der Waals surface area contributed by atoms with E-state index in [0.29, 0.717) is 10.9 Å². The van der Waals surface area contributed by atoms with Crippen LogP contribution < -0.4 is 0 Å². The molecule has 2 aromatic rings. The fourth-order valence-corrected chi connectivity index (χ4v) is 2.72. The molecule has 0 aliphatic carbocycles. The third-order valence-electron chi connectivity index (χ3n) is 3.98. The van der Waals surface area contributed by atoms with Crippen LogP contribution in [0.2, 0.25) is 0 Å². The van der Waals surface area contributed by atoms with Gasteiger partial charge in [-0.1, -0.05) is 12.1 Å². The summed E-state index contributed by atoms with van der Waals surface area (Å²) in [6.07, 6.45) is -6.53. The molecule has 1 fully saturated rings. The highest BCUT2D eigenvalue weighted by atomic mass is 19.4. The van der Waals surface area contributed by atoms with Crippen LogP contribution in [0.3, 0.4) is 0 Å². The number of ether oxygens (including phenoxy) is 1. The lowest BCUT2D eigenvalue weighted by Gasteiger charge is -2.33. The Morgan fingerprint density at radius 2 is 2.13 bits per heavy atom. The Morgan fingerprint density at radius 3 is 2.78 bits per heavy atom. The van der Waals surface area contributed by atoms with E-state index in [1.165, 1.54) is 12.1 Å². The first kappa shape index (κ1) is 15.8. The lowest BCUT2D eigenvalue weighted by Crippen LogP contribution is -2.51. The Morgan fingerprint density at radius 1 is 1.39 bits per heavy atom. The van der Waals surface area contributed by atoms with Crippen LogP contribution in [0.15, 0.2) is 18.2 Å². The Bertz CT molecular complexity index is 754. The van der Waals surface area contributed by atoms with E-state index in [9.17, 15) is 22.4 Å². The molecular formula is C15H14F4N2O2. The number of hydrogen-bond acceptors (Lipinski definition) is 2. The number of halogens is 4. The van der Waals surface area contributed by atoms with Crippen molar-refractivity contribution in [1.29, 1.82) is 0 Å². The Balaban J connectivity index is 1.91. The zero-order chi connectivity index (χ0) is 16.8. The molecule has 0 radical (unpaired) electrons. The number of fused-ring (bicyclic) bond motifs is 1. The van der Waals surface area contributed by atoms with Gasteiger partial charge in [0.15, 0.2) is 6.10 Å². The van der Waals surface area contributed by atoms with E-state index in [1.54, 1.807) is 13.0 Å². The number of nitrogens with one attached hydrogen (secondary N) is 1. The Hall–Kier alpha value is -2.09. The molecule has 1 aliphatic rings. The molecule has 124 valence electrons. The normalized spacial score (nSPS) is 19.3. The average molecular weight is 330 g/mol. The number of carbonyl (C=O) groups is 1. The zero-order valence-electron chi connectivity index (χ0n) is 12.2. The summed E-state index contributed by atoms with van der Waals surface area (Å²) >= 11 is 0. The van der Waals surface area contributed by atoms with Crippen molar-refractivity contribution in [1.82, 2.24) is 9.88 Å². The number of carbonyl (C=O) groups excluding carboxylic acids is 1. The molecule has 1 amide bonds. The molecular weight excluding hydrogens is 316 g/mol. The van der Waals surface area contributed by atoms with E-state index in [4.69, 9.17) is 0 Å². The van der Waals surface area contributed by atoms with Crippen LogP contribution in [0.1, 0.15) is 16.1 Å². The predicted molar refractivity (Wildman–Crippen MR) is 74.7 cm³/mol. The number of aryl methyl sites for hydroxylation is 1. The second kappa shape index (κ2) is 5.52. The summed E-state index contributed by atoms with van der Waals surface area (Å²) in [7, 11) is 0. The molecule has 1 N–H and O–H groups in total. The van der Waals surface area contributed by atoms with Crippen LogP contribution >= 0.6 is 0 Å². The largest absolute Gasteiger partial charge is 0.416 e. The quantitative estimate of drug-likeness (QED) is 0.817. The Labute approximate surface area is 129 Å². The summed E-state index contributed by atoms with van der Waals surface area (Å²) < 4.78 is 56.7. The van der Waals surface area contributed by atoms with E-state index in [0.717, 1.165) is 4.90 Å². The first-order chi connectivity index (χ1) is 10.8. The van der Waals surface area contributed by atoms with Crippen molar-refractivity contribution < 1.29 is 27.1 Å². The molecule has 1 aromatic heterocycles. The highest BCUT2D eigenvalue weighted by Gasteiger charge is 2.44. The molecule has 3 rings (SSSR count). The van der Waals surface area contributed by atoms with E-state index in [1.807, 2.05) is 0 Å². The fraction of sp³-hybridized carbons (Fsp3) is 0.400. The average Bonchev–Trinajstić information content (AvgIpc) is 2.85. The molecule has 1 aromatic carbocycles. The second-order valence-electron chi connectivity index (χ2n) is 5.44. The summed E-state index contributed by atoms with van der Waals surface area (Å²) in [6, 6.07) is 4.42. The van der Waals surface area contributed by atoms with Crippen molar-refractivity contribution >= 4 is 16.8 Å². The van der Waals surface area contributed by atoms with Crippen LogP contribution in [0, 0.1) is 12.7 Å². The van der Waals surface area contributed by atoms with Crippen LogP contribution in [0.4, 0.5) is 17.6 Å². The number of aromatic nitrogens is 1. The SMILES string of the molecule is Cc1c(C(=O)N2CCO[C@@H](C(F)(F)F)C2)[nH]c2c(F)cccc12. The number of H-pyrrole nitrogens is 1. The maximum absolute atomic E-state index is 13.8. The molecule has 0 unspecified atom stereocenters. The van der Waals surface area contributed by atoms with Gasteiger partial charge >= 0.3 is 6.18 Å². The maximum atomic E-state index is 13.8. The minimum absolute atomic E-state index is 0.0582. The van der Waals surface area contributed by atoms with Crippen molar-refractivity contribution in [2.24, 2.45) is 0 Å². The van der Waals surface area contributed by atoms with Gasteiger partial charge in [0, 0.05) is 11.9 Å². The van der Waals surface area contributed by atoms with Gasteiger partial charge in [-0.25, -0.2) is 4.39 Å². The number of aromatic amines is 1. The number of amides is 1. The molecule has 1 atom stereocenters. The number of nitrogens with zero attached hydrogens (tertiary/aromatic N) is 1. The number of para-hydroxylation sites is 1. The van der Waals surface area contributed by atoms with Crippen molar-refractivity contribution in [3.8, 4) is 0 Å². The van der Waals surface area contributed by atoms with Gasteiger partial charge in [0.2, 0.25) is 0 Å². The number of alkyl halides is 3. The third-order valence-corrected chi connectivity index (χ3v) is 3.98. The lowest BCUT2D eigenvalue weighted by molar-refractivity contribution is -0.233. The monoisotopic (exact) mass is 330 g/mol. The summed E-state index contributed by atoms with van der Waals surface area (Å²) in [5.74, 6) is -1.10. The van der Waals surface area contributed by atoms with Crippen LogP contribution in [-0.2, 0) is 4.74 Å². The second-order valence-corrected chi connectivity index (χ2v) is 5.44. The van der Waals surface area contributed by atoms with Crippen LogP contribution in [0.5, 0.6) is 0 Å². The molecule has 2 heterocycles. The van der Waals surface area contributed by atoms with Gasteiger partial charge in [0.1, 0.15) is 11.5 Å². The topological polar surface area (TPSA) is 45.3 Å². The summed E-state index contributed by atoms with van der Waals surface area (Å²) in [6.45, 7) is 0.930. The van der Waals surface area contributed by atoms with Crippen molar-refractivity contribution in [3.05, 3.63) is 35.3 Å². The molecule has 1 aliphatic heterocycles. The summed E-state index contributed by atoms with van der Waals surface area (Å²) in [5.41, 5.74) is 0.793. The first-order valence-electron chi connectivity index (χ1n) is 7.03. The number of hydrogen-bond donors (Lipinski definition) is 1. The maximum Gasteiger partial charge on any atom is 0.416 e. The molecule has 0 spiro atoms. The standard InChI is InChI=1S/C15H14F4N2O2/c1-8-9-3-2-4-10(16)13(9)20-12(8)14(22)21-5-6-23-11(7-21)15(17,18)19/h2-4,11,20H,5-7H2,1H3/t11-/m1/s1. The van der Waals surface area contributed by atoms with Gasteiger partial charge in [-0.05, 0) is 18.6 Å². The zero-order valence-corrected chi connectivity index (χ0v) is 12.2. The van der Waals surface area contributed by atoms with E-state index in [2.05, 4.69) is 9.72 Å². The predicted octanol–water partition coefficient (Wildman–Crippen LogP) is 3.02. The lowest BCUT2D eigenvalue weighted by atomic mass is 10.1. The molecule has 23 heavy (non-hydrogen) atoms. The third kappa shape index (κ3) is 2.78. The summed E-state index contributed by atoms with van der Waals surface area (Å²) in [4.78, 5) is 16.3. The minimum atomic E-state index is -4.53. The molecule has 8 heteroatoms. The van der Waals surface area contributed by atoms with Crippen molar-refractivity contribution in [3.63, 3.8) is 0 Å². The van der Waals surface area contributed by atoms with E-state index >= 15 is 0 Å². The van der Waals surface area contributed by atoms with E-state index in [-0.39, 0.29) is 24.4 Å². The first-order valence-corrected chi connectivity index (χ1v) is 7.03. The highest BCUT2D eigenvalue weighted by Crippen LogP contribution is 2.28. The minimum Gasteiger partial charge on any atom is -0.365 e. The molecule has 1 saturated heterocycles. The van der Waals surface area contributed by atoms with Gasteiger partial charge < -0.3 is 14.6 Å². The fourth-order valence-electron chi connectivity index (χ4n) is 2.72. The number of rotatable bonds is 1. The van der Waals surface area contributed by atoms with Gasteiger partial charge in [-0.15, -0.1) is 0 Å².